The molecule has 0 spiro atoms. The van der Waals surface area contributed by atoms with E-state index in [2.05, 4.69) is 27.6 Å². The van der Waals surface area contributed by atoms with Crippen LogP contribution in [0.15, 0.2) is 41.0 Å². The molecule has 0 radical (unpaired) electrons. The number of benzene rings is 2. The maximum atomic E-state index is 12.4. The van der Waals surface area contributed by atoms with Gasteiger partial charge in [-0.3, -0.25) is 0 Å². The second-order valence-corrected chi connectivity index (χ2v) is 8.23. The predicted molar refractivity (Wildman–Crippen MR) is 129 cm³/mol. The van der Waals surface area contributed by atoms with Gasteiger partial charge in [0.1, 0.15) is 0 Å². The normalized spacial score (nSPS) is 14.2. The van der Waals surface area contributed by atoms with Gasteiger partial charge in [-0.05, 0) is 90.9 Å². The number of carbonyl (C=O) groups excluding carboxylic acids is 2. The minimum absolute atomic E-state index is 0.134. The zero-order chi connectivity index (χ0) is 23.3. The summed E-state index contributed by atoms with van der Waals surface area (Å²) in [6.07, 6.45) is 1.55. The number of esters is 2. The van der Waals surface area contributed by atoms with Crippen LogP contribution in [0.5, 0.6) is 11.5 Å². The number of ether oxygens (including phenoxy) is 4. The second-order valence-electron chi connectivity index (χ2n) is 6.66. The van der Waals surface area contributed by atoms with Crippen molar-refractivity contribution in [2.75, 3.05) is 19.8 Å². The van der Waals surface area contributed by atoms with Gasteiger partial charge in [-0.1, -0.05) is 11.6 Å². The van der Waals surface area contributed by atoms with Crippen LogP contribution < -0.4 is 9.47 Å². The van der Waals surface area contributed by atoms with Crippen molar-refractivity contribution < 1.29 is 28.5 Å². The maximum Gasteiger partial charge on any atom is 0.363 e. The van der Waals surface area contributed by atoms with Crippen molar-refractivity contribution in [3.05, 3.63) is 61.3 Å². The first kappa shape index (κ1) is 24.1. The number of carbonyl (C=O) groups is 2. The Morgan fingerprint density at radius 2 is 1.97 bits per heavy atom. The minimum atomic E-state index is -0.562. The molecule has 7 nitrogen and oxygen atoms in total. The Balaban J connectivity index is 1.89. The number of cyclic esters (lactones) is 1. The molecule has 0 saturated carbocycles. The molecule has 3 rings (SSSR count). The molecule has 1 aliphatic rings. The third kappa shape index (κ3) is 5.80. The van der Waals surface area contributed by atoms with E-state index in [9.17, 15) is 9.59 Å². The summed E-state index contributed by atoms with van der Waals surface area (Å²) in [6, 6.07) is 8.94. The number of rotatable bonds is 8. The molecular formula is C23H21ClINO6. The molecule has 0 bridgehead atoms. The number of halogens is 2. The topological polar surface area (TPSA) is 83.4 Å². The molecule has 0 amide bonds. The molecule has 168 valence electrons. The summed E-state index contributed by atoms with van der Waals surface area (Å²) in [7, 11) is 0. The van der Waals surface area contributed by atoms with E-state index in [-0.39, 0.29) is 35.6 Å². The van der Waals surface area contributed by atoms with Gasteiger partial charge in [0.15, 0.2) is 23.8 Å². The standard InChI is InChI=1S/C23H21ClINO6/c1-4-29-19-11-14(9-16(24)21(19)31-12-20(27)30-5-2)10-18-23(28)32-22(26-18)15-6-7-17(25)13(3)8-15/h6-11H,4-5,12H2,1-3H3/b18-10-. The lowest BCUT2D eigenvalue weighted by atomic mass is 10.1. The fourth-order valence-electron chi connectivity index (χ4n) is 2.88. The van der Waals surface area contributed by atoms with Crippen molar-refractivity contribution in [3.63, 3.8) is 0 Å². The van der Waals surface area contributed by atoms with Crippen molar-refractivity contribution in [2.45, 2.75) is 20.8 Å². The lowest BCUT2D eigenvalue weighted by Crippen LogP contribution is -2.15. The minimum Gasteiger partial charge on any atom is -0.490 e. The van der Waals surface area contributed by atoms with E-state index in [1.807, 2.05) is 32.0 Å². The molecule has 0 fully saturated rings. The van der Waals surface area contributed by atoms with Crippen LogP contribution in [0.4, 0.5) is 0 Å². The molecule has 1 heterocycles. The average Bonchev–Trinajstić information content (AvgIpc) is 3.10. The van der Waals surface area contributed by atoms with Crippen molar-refractivity contribution in [1.82, 2.24) is 0 Å². The first-order valence-electron chi connectivity index (χ1n) is 9.86. The summed E-state index contributed by atoms with van der Waals surface area (Å²) in [5, 5.41) is 0.218. The Bertz CT molecular complexity index is 1110. The maximum absolute atomic E-state index is 12.4. The SMILES string of the molecule is CCOC(=O)COc1c(Cl)cc(/C=C2\N=C(c3ccc(I)c(C)c3)OC2=O)cc1OCC. The molecule has 2 aromatic rings. The van der Waals surface area contributed by atoms with Crippen LogP contribution in [0.2, 0.25) is 5.02 Å². The lowest BCUT2D eigenvalue weighted by Gasteiger charge is -2.14. The highest BCUT2D eigenvalue weighted by atomic mass is 127. The van der Waals surface area contributed by atoms with E-state index in [4.69, 9.17) is 30.5 Å². The number of aryl methyl sites for hydroxylation is 1. The van der Waals surface area contributed by atoms with Crippen molar-refractivity contribution >= 4 is 58.1 Å². The molecule has 9 heteroatoms. The Morgan fingerprint density at radius 3 is 2.66 bits per heavy atom. The summed E-state index contributed by atoms with van der Waals surface area (Å²) < 4.78 is 22.4. The van der Waals surface area contributed by atoms with E-state index in [1.54, 1.807) is 25.1 Å². The van der Waals surface area contributed by atoms with Gasteiger partial charge in [-0.15, -0.1) is 0 Å². The summed E-state index contributed by atoms with van der Waals surface area (Å²) in [6.45, 7) is 5.79. The van der Waals surface area contributed by atoms with Gasteiger partial charge < -0.3 is 18.9 Å². The Labute approximate surface area is 204 Å². The van der Waals surface area contributed by atoms with Crippen molar-refractivity contribution in [3.8, 4) is 11.5 Å². The van der Waals surface area contributed by atoms with Crippen molar-refractivity contribution in [1.29, 1.82) is 0 Å². The first-order chi connectivity index (χ1) is 15.3. The van der Waals surface area contributed by atoms with Gasteiger partial charge in [-0.2, -0.15) is 0 Å². The Morgan fingerprint density at radius 1 is 1.19 bits per heavy atom. The second kappa shape index (κ2) is 10.8. The lowest BCUT2D eigenvalue weighted by molar-refractivity contribution is -0.145. The summed E-state index contributed by atoms with van der Waals surface area (Å²) >= 11 is 8.61. The molecule has 1 aliphatic heterocycles. The van der Waals surface area contributed by atoms with Gasteiger partial charge in [0.25, 0.3) is 0 Å². The molecule has 0 atom stereocenters. The van der Waals surface area contributed by atoms with Crippen LogP contribution in [0.25, 0.3) is 6.08 Å². The fraction of sp³-hybridized carbons (Fsp3) is 0.261. The highest BCUT2D eigenvalue weighted by Crippen LogP contribution is 2.37. The van der Waals surface area contributed by atoms with E-state index >= 15 is 0 Å². The highest BCUT2D eigenvalue weighted by molar-refractivity contribution is 14.1. The van der Waals surface area contributed by atoms with Crippen LogP contribution in [0.1, 0.15) is 30.5 Å². The zero-order valence-electron chi connectivity index (χ0n) is 17.7. The van der Waals surface area contributed by atoms with Gasteiger partial charge >= 0.3 is 11.9 Å². The third-order valence-electron chi connectivity index (χ3n) is 4.30. The molecule has 2 aromatic carbocycles. The number of hydrogen-bond acceptors (Lipinski definition) is 7. The summed E-state index contributed by atoms with van der Waals surface area (Å²) in [4.78, 5) is 28.3. The third-order valence-corrected chi connectivity index (χ3v) is 5.79. The van der Waals surface area contributed by atoms with Gasteiger partial charge in [0, 0.05) is 9.13 Å². The number of aliphatic imine (C=N–C) groups is 1. The largest absolute Gasteiger partial charge is 0.490 e. The molecule has 0 unspecified atom stereocenters. The van der Waals surface area contributed by atoms with Crippen LogP contribution >= 0.6 is 34.2 Å². The van der Waals surface area contributed by atoms with Gasteiger partial charge in [-0.25, -0.2) is 14.6 Å². The molecular weight excluding hydrogens is 549 g/mol. The molecule has 32 heavy (non-hydrogen) atoms. The fourth-order valence-corrected chi connectivity index (χ4v) is 3.49. The van der Waals surface area contributed by atoms with Crippen LogP contribution in [0.3, 0.4) is 0 Å². The summed E-state index contributed by atoms with van der Waals surface area (Å²) in [5.41, 5.74) is 2.48. The highest BCUT2D eigenvalue weighted by Gasteiger charge is 2.25. The van der Waals surface area contributed by atoms with Crippen LogP contribution in [-0.2, 0) is 19.1 Å². The predicted octanol–water partition coefficient (Wildman–Crippen LogP) is 4.94. The van der Waals surface area contributed by atoms with Gasteiger partial charge in [0.05, 0.1) is 18.2 Å². The Hall–Kier alpha value is -2.59. The quantitative estimate of drug-likeness (QED) is 0.255. The number of nitrogens with zero attached hydrogens (tertiary/aromatic N) is 1. The first-order valence-corrected chi connectivity index (χ1v) is 11.3. The molecule has 0 aromatic heterocycles. The number of hydrogen-bond donors (Lipinski definition) is 0. The van der Waals surface area contributed by atoms with Gasteiger partial charge in [0.2, 0.25) is 5.90 Å². The Kier molecular flexibility index (Phi) is 8.14. The van der Waals surface area contributed by atoms with Crippen LogP contribution in [-0.4, -0.2) is 37.7 Å². The smallest absolute Gasteiger partial charge is 0.363 e. The molecule has 0 saturated heterocycles. The molecule has 0 aliphatic carbocycles. The molecule has 0 N–H and O–H groups in total. The van der Waals surface area contributed by atoms with E-state index in [0.717, 1.165) is 14.7 Å². The summed E-state index contributed by atoms with van der Waals surface area (Å²) in [5.74, 6) is -0.283. The van der Waals surface area contributed by atoms with Crippen molar-refractivity contribution in [2.24, 2.45) is 4.99 Å². The monoisotopic (exact) mass is 569 g/mol. The zero-order valence-corrected chi connectivity index (χ0v) is 20.7. The average molecular weight is 570 g/mol. The van der Waals surface area contributed by atoms with E-state index in [1.165, 1.54) is 0 Å². The van der Waals surface area contributed by atoms with E-state index < -0.39 is 11.9 Å². The van der Waals surface area contributed by atoms with Crippen LogP contribution in [0, 0.1) is 10.5 Å². The van der Waals surface area contributed by atoms with E-state index in [0.29, 0.717) is 17.9 Å².